The van der Waals surface area contributed by atoms with Gasteiger partial charge < -0.3 is 5.73 Å². The highest BCUT2D eigenvalue weighted by molar-refractivity contribution is 7.83. The first-order valence-corrected chi connectivity index (χ1v) is 3.79. The Bertz CT molecular complexity index is 71.3. The van der Waals surface area contributed by atoms with Gasteiger partial charge in [-0.3, -0.25) is 0 Å². The quantitative estimate of drug-likeness (QED) is 0.584. The summed E-state index contributed by atoms with van der Waals surface area (Å²) in [5.74, 6) is 0.670. The van der Waals surface area contributed by atoms with Crippen LogP contribution >= 0.6 is 12.6 Å². The SMILES string of the molecule is CC(C)C[C](S)C(C)N. The first-order chi connectivity index (χ1) is 4.04. The van der Waals surface area contributed by atoms with E-state index in [1.165, 1.54) is 0 Å². The highest BCUT2D eigenvalue weighted by Gasteiger charge is 2.10. The maximum Gasteiger partial charge on any atom is 0.0439 e. The minimum absolute atomic E-state index is 0.135. The van der Waals surface area contributed by atoms with Crippen LogP contribution in [-0.2, 0) is 0 Å². The molecular formula is C7H16NS. The first kappa shape index (κ1) is 9.31. The minimum Gasteiger partial charge on any atom is -0.327 e. The van der Waals surface area contributed by atoms with Crippen molar-refractivity contribution in [1.82, 2.24) is 0 Å². The second-order valence-corrected chi connectivity index (χ2v) is 3.45. The van der Waals surface area contributed by atoms with Crippen molar-refractivity contribution in [3.05, 3.63) is 5.25 Å². The molecule has 0 aliphatic rings. The summed E-state index contributed by atoms with van der Waals surface area (Å²) in [6, 6.07) is 0.135. The van der Waals surface area contributed by atoms with Gasteiger partial charge in [-0.1, -0.05) is 13.8 Å². The molecule has 0 amide bonds. The van der Waals surface area contributed by atoms with Crippen LogP contribution in [0.4, 0.5) is 0 Å². The van der Waals surface area contributed by atoms with Gasteiger partial charge in [0.25, 0.3) is 0 Å². The third kappa shape index (κ3) is 4.79. The van der Waals surface area contributed by atoms with Gasteiger partial charge in [0.05, 0.1) is 0 Å². The Morgan fingerprint density at radius 3 is 2.00 bits per heavy atom. The summed E-state index contributed by atoms with van der Waals surface area (Å²) < 4.78 is 0. The second-order valence-electron chi connectivity index (χ2n) is 2.88. The van der Waals surface area contributed by atoms with Gasteiger partial charge in [-0.2, -0.15) is 12.6 Å². The van der Waals surface area contributed by atoms with Gasteiger partial charge >= 0.3 is 0 Å². The Kier molecular flexibility index (Phi) is 4.32. The lowest BCUT2D eigenvalue weighted by atomic mass is 10.0. The van der Waals surface area contributed by atoms with E-state index in [1.54, 1.807) is 0 Å². The van der Waals surface area contributed by atoms with Crippen LogP contribution in [0, 0.1) is 11.2 Å². The summed E-state index contributed by atoms with van der Waals surface area (Å²) in [7, 11) is 0. The third-order valence-electron chi connectivity index (χ3n) is 1.14. The van der Waals surface area contributed by atoms with E-state index in [0.717, 1.165) is 11.7 Å². The van der Waals surface area contributed by atoms with Gasteiger partial charge in [0.2, 0.25) is 0 Å². The molecule has 0 rings (SSSR count). The van der Waals surface area contributed by atoms with E-state index in [-0.39, 0.29) is 6.04 Å². The maximum absolute atomic E-state index is 5.57. The molecule has 2 N–H and O–H groups in total. The van der Waals surface area contributed by atoms with Crippen molar-refractivity contribution < 1.29 is 0 Å². The summed E-state index contributed by atoms with van der Waals surface area (Å²) in [6.45, 7) is 6.29. The van der Waals surface area contributed by atoms with Crippen LogP contribution in [-0.4, -0.2) is 6.04 Å². The fourth-order valence-corrected chi connectivity index (χ4v) is 0.969. The van der Waals surface area contributed by atoms with Gasteiger partial charge in [0, 0.05) is 11.3 Å². The molecule has 0 saturated heterocycles. The predicted octanol–water partition coefficient (Wildman–Crippen LogP) is 1.84. The highest BCUT2D eigenvalue weighted by Crippen LogP contribution is 2.19. The zero-order chi connectivity index (χ0) is 7.44. The number of thiol groups is 1. The monoisotopic (exact) mass is 146 g/mol. The molecule has 0 saturated carbocycles. The molecule has 55 valence electrons. The molecule has 1 nitrogen and oxygen atoms in total. The van der Waals surface area contributed by atoms with Gasteiger partial charge in [0.15, 0.2) is 0 Å². The molecule has 0 spiro atoms. The molecule has 0 aromatic carbocycles. The minimum atomic E-state index is 0.135. The van der Waals surface area contributed by atoms with Crippen LogP contribution in [0.15, 0.2) is 0 Å². The molecule has 1 atom stereocenters. The van der Waals surface area contributed by atoms with Gasteiger partial charge in [-0.25, -0.2) is 0 Å². The summed E-state index contributed by atoms with van der Waals surface area (Å²) in [6.07, 6.45) is 1.03. The normalized spacial score (nSPS) is 15.0. The Morgan fingerprint density at radius 2 is 1.89 bits per heavy atom. The van der Waals surface area contributed by atoms with Crippen molar-refractivity contribution >= 4 is 12.6 Å². The lowest BCUT2D eigenvalue weighted by Gasteiger charge is -2.15. The second kappa shape index (κ2) is 4.18. The van der Waals surface area contributed by atoms with Crippen molar-refractivity contribution in [2.24, 2.45) is 11.7 Å². The van der Waals surface area contributed by atoms with Crippen molar-refractivity contribution in [3.63, 3.8) is 0 Å². The van der Waals surface area contributed by atoms with Gasteiger partial charge in [0.1, 0.15) is 0 Å². The molecular weight excluding hydrogens is 130 g/mol. The molecule has 0 aliphatic heterocycles. The van der Waals surface area contributed by atoms with Crippen LogP contribution in [0.25, 0.3) is 0 Å². The zero-order valence-corrected chi connectivity index (χ0v) is 7.28. The van der Waals surface area contributed by atoms with Crippen LogP contribution < -0.4 is 5.73 Å². The summed E-state index contributed by atoms with van der Waals surface area (Å²) >= 11 is 4.26. The van der Waals surface area contributed by atoms with Crippen LogP contribution in [0.1, 0.15) is 27.2 Å². The Balaban J connectivity index is 3.38. The van der Waals surface area contributed by atoms with E-state index >= 15 is 0 Å². The summed E-state index contributed by atoms with van der Waals surface area (Å²) in [5.41, 5.74) is 5.57. The van der Waals surface area contributed by atoms with Crippen LogP contribution in [0.3, 0.4) is 0 Å². The molecule has 2 heteroatoms. The Morgan fingerprint density at radius 1 is 1.44 bits per heavy atom. The number of hydrogen-bond acceptors (Lipinski definition) is 2. The lowest BCUT2D eigenvalue weighted by Crippen LogP contribution is -2.21. The molecule has 0 aromatic rings. The van der Waals surface area contributed by atoms with Gasteiger partial charge in [-0.15, -0.1) is 0 Å². The molecule has 1 unspecified atom stereocenters. The number of rotatable bonds is 3. The lowest BCUT2D eigenvalue weighted by molar-refractivity contribution is 0.592. The summed E-state index contributed by atoms with van der Waals surface area (Å²) in [5, 5.41) is 1.10. The van der Waals surface area contributed by atoms with Crippen molar-refractivity contribution in [2.75, 3.05) is 0 Å². The zero-order valence-electron chi connectivity index (χ0n) is 6.39. The highest BCUT2D eigenvalue weighted by atomic mass is 32.1. The molecule has 0 aliphatic carbocycles. The van der Waals surface area contributed by atoms with Crippen LogP contribution in [0.5, 0.6) is 0 Å². The van der Waals surface area contributed by atoms with E-state index < -0.39 is 0 Å². The Hall–Kier alpha value is 0.310. The van der Waals surface area contributed by atoms with E-state index in [1.807, 2.05) is 6.92 Å². The topological polar surface area (TPSA) is 26.0 Å². The molecule has 9 heavy (non-hydrogen) atoms. The van der Waals surface area contributed by atoms with E-state index in [0.29, 0.717) is 5.92 Å². The average molecular weight is 146 g/mol. The van der Waals surface area contributed by atoms with E-state index in [9.17, 15) is 0 Å². The fourth-order valence-electron chi connectivity index (χ4n) is 0.604. The van der Waals surface area contributed by atoms with E-state index in [4.69, 9.17) is 5.73 Å². The largest absolute Gasteiger partial charge is 0.327 e. The number of nitrogens with two attached hydrogens (primary N) is 1. The molecule has 1 radical (unpaired) electrons. The van der Waals surface area contributed by atoms with Crippen molar-refractivity contribution in [3.8, 4) is 0 Å². The molecule has 0 aromatic heterocycles. The van der Waals surface area contributed by atoms with Crippen molar-refractivity contribution in [1.29, 1.82) is 0 Å². The summed E-state index contributed by atoms with van der Waals surface area (Å²) in [4.78, 5) is 0. The molecule has 0 heterocycles. The average Bonchev–Trinajstić information content (AvgIpc) is 1.63. The third-order valence-corrected chi connectivity index (χ3v) is 1.73. The van der Waals surface area contributed by atoms with Crippen molar-refractivity contribution in [2.45, 2.75) is 33.2 Å². The van der Waals surface area contributed by atoms with E-state index in [2.05, 4.69) is 26.5 Å². The predicted molar refractivity (Wildman–Crippen MR) is 45.3 cm³/mol. The maximum atomic E-state index is 5.57. The molecule has 0 bridgehead atoms. The molecule has 0 fully saturated rings. The van der Waals surface area contributed by atoms with Gasteiger partial charge in [-0.05, 0) is 19.3 Å². The van der Waals surface area contributed by atoms with Crippen LogP contribution in [0.2, 0.25) is 0 Å². The fraction of sp³-hybridized carbons (Fsp3) is 0.857. The first-order valence-electron chi connectivity index (χ1n) is 3.34. The number of hydrogen-bond donors (Lipinski definition) is 2. The smallest absolute Gasteiger partial charge is 0.0439 e. The Labute approximate surface area is 63.4 Å². The standard InChI is InChI=1S/C7H16NS/c1-5(2)4-7(9)6(3)8/h5-6,9H,4,8H2,1-3H3.